The Labute approximate surface area is 721 Å². The van der Waals surface area contributed by atoms with Gasteiger partial charge in [-0.05, 0) is 319 Å². The summed E-state index contributed by atoms with van der Waals surface area (Å²) in [5.74, 6) is 10.5. The van der Waals surface area contributed by atoms with E-state index in [0.717, 1.165) is 76.9 Å². The van der Waals surface area contributed by atoms with Crippen molar-refractivity contribution >= 4 is 0 Å². The Kier molecular flexibility index (Phi) is 51.5. The molecule has 16 aliphatic carbocycles. The highest BCUT2D eigenvalue weighted by molar-refractivity contribution is 5.29. The zero-order valence-electron chi connectivity index (χ0n) is 85.5. The molecule has 0 aliphatic heterocycles. The van der Waals surface area contributed by atoms with Crippen LogP contribution in [-0.2, 0) is 0 Å². The van der Waals surface area contributed by atoms with Crippen molar-refractivity contribution in [2.75, 3.05) is 0 Å². The highest BCUT2D eigenvalue weighted by Crippen LogP contribution is 2.62. The molecule has 6 bridgehead atoms. The van der Waals surface area contributed by atoms with E-state index in [0.29, 0.717) is 54.1 Å². The van der Waals surface area contributed by atoms with E-state index in [-0.39, 0.29) is 0 Å². The summed E-state index contributed by atoms with van der Waals surface area (Å²) in [7, 11) is 0. The van der Waals surface area contributed by atoms with Gasteiger partial charge in [0, 0.05) is 0 Å². The molecule has 0 radical (unpaired) electrons. The summed E-state index contributed by atoms with van der Waals surface area (Å²) >= 11 is 0. The number of hydrogen-bond acceptors (Lipinski definition) is 0. The third-order valence-corrected chi connectivity index (χ3v) is 23.4. The summed E-state index contributed by atoms with van der Waals surface area (Å²) < 4.78 is 0. The first-order valence-electron chi connectivity index (χ1n) is 48.5. The lowest BCUT2D eigenvalue weighted by atomic mass is 9.47. The molecule has 1 spiro atoms. The van der Waals surface area contributed by atoms with Gasteiger partial charge in [0.25, 0.3) is 0 Å². The minimum atomic E-state index is 0.491. The molecule has 11 atom stereocenters. The molecule has 666 valence electrons. The molecule has 0 aromatic rings. The van der Waals surface area contributed by atoms with Crippen LogP contribution in [0.25, 0.3) is 0 Å². The maximum Gasteiger partial charge on any atom is -0.0146 e. The monoisotopic (exact) mass is 1580 g/mol. The average Bonchev–Trinajstić information content (AvgIpc) is 0.915. The minimum Gasteiger partial charge on any atom is -0.0998 e. The van der Waals surface area contributed by atoms with Gasteiger partial charge in [-0.25, -0.2) is 0 Å². The predicted octanol–water partition coefficient (Wildman–Crippen LogP) is 39.3. The zero-order chi connectivity index (χ0) is 88.0. The molecule has 16 rings (SSSR count). The third-order valence-electron chi connectivity index (χ3n) is 23.4. The van der Waals surface area contributed by atoms with Crippen LogP contribution in [0.1, 0.15) is 482 Å². The molecule has 6 saturated carbocycles. The number of rotatable bonds is 3. The Bertz CT molecular complexity index is 2630. The lowest BCUT2D eigenvalue weighted by Crippen LogP contribution is -2.48. The van der Waals surface area contributed by atoms with Crippen molar-refractivity contribution in [1.82, 2.24) is 0 Å². The summed E-state index contributed by atoms with van der Waals surface area (Å²) in [5, 5.41) is 0. The summed E-state index contributed by atoms with van der Waals surface area (Å²) in [6, 6.07) is 0. The second-order valence-electron chi connectivity index (χ2n) is 52.3. The van der Waals surface area contributed by atoms with Crippen molar-refractivity contribution in [2.45, 2.75) is 482 Å². The van der Waals surface area contributed by atoms with Gasteiger partial charge in [-0.3, -0.25) is 0 Å². The fourth-order valence-corrected chi connectivity index (χ4v) is 16.8. The normalized spacial score (nSPS) is 27.5. The Morgan fingerprint density at radius 3 is 1.19 bits per heavy atom. The van der Waals surface area contributed by atoms with Crippen LogP contribution in [0.3, 0.4) is 0 Å². The van der Waals surface area contributed by atoms with Crippen LogP contribution in [0.15, 0.2) is 120 Å². The van der Waals surface area contributed by atoms with Crippen LogP contribution >= 0.6 is 0 Å². The highest BCUT2D eigenvalue weighted by atomic mass is 14.6. The van der Waals surface area contributed by atoms with Crippen molar-refractivity contribution in [3.63, 3.8) is 0 Å². The lowest BCUT2D eigenvalue weighted by molar-refractivity contribution is -0.0114. The van der Waals surface area contributed by atoms with Gasteiger partial charge in [-0.15, -0.1) is 0 Å². The fourth-order valence-electron chi connectivity index (χ4n) is 16.8. The van der Waals surface area contributed by atoms with Crippen LogP contribution < -0.4 is 0 Å². The molecule has 16 aliphatic rings. The van der Waals surface area contributed by atoms with Gasteiger partial charge < -0.3 is 0 Å². The molecule has 0 N–H and O–H groups in total. The van der Waals surface area contributed by atoms with Crippen molar-refractivity contribution < 1.29 is 0 Å². The van der Waals surface area contributed by atoms with Gasteiger partial charge in [0.15, 0.2) is 0 Å². The van der Waals surface area contributed by atoms with E-state index in [4.69, 9.17) is 0 Å². The number of fused-ring (bicyclic) bond motifs is 6. The van der Waals surface area contributed by atoms with E-state index in [2.05, 4.69) is 362 Å². The molecule has 0 heterocycles. The van der Waals surface area contributed by atoms with Crippen LogP contribution in [0.2, 0.25) is 0 Å². The molecular weight excluding hydrogens is 1370 g/mol. The van der Waals surface area contributed by atoms with Gasteiger partial charge >= 0.3 is 0 Å². The predicted molar refractivity (Wildman–Crippen MR) is 526 cm³/mol. The van der Waals surface area contributed by atoms with Gasteiger partial charge in [-0.2, -0.15) is 0 Å². The van der Waals surface area contributed by atoms with Gasteiger partial charge in [0.05, 0.1) is 0 Å². The fraction of sp³-hybridized carbons (Fsp3) is 0.825. The van der Waals surface area contributed by atoms with Crippen molar-refractivity contribution in [3.05, 3.63) is 120 Å². The quantitative estimate of drug-likeness (QED) is 0.247. The highest BCUT2D eigenvalue weighted by Gasteiger charge is 2.52. The van der Waals surface area contributed by atoms with Gasteiger partial charge in [0.1, 0.15) is 0 Å². The molecule has 114 heavy (non-hydrogen) atoms. The van der Waals surface area contributed by atoms with Crippen LogP contribution in [0.4, 0.5) is 0 Å². The lowest BCUT2D eigenvalue weighted by Gasteiger charge is -2.58. The second kappa shape index (κ2) is 52.7. The Morgan fingerprint density at radius 1 is 0.412 bits per heavy atom. The maximum atomic E-state index is 3.97. The molecular formula is C114H210. The number of hydrogen-bond donors (Lipinski definition) is 0. The summed E-state index contributed by atoms with van der Waals surface area (Å²) in [5.41, 5.74) is 14.1. The van der Waals surface area contributed by atoms with Crippen LogP contribution in [0, 0.1) is 125 Å². The average molecular weight is 1580 g/mol. The summed E-state index contributed by atoms with van der Waals surface area (Å²) in [6.07, 6.45) is 79.6. The van der Waals surface area contributed by atoms with E-state index >= 15 is 0 Å². The Balaban J connectivity index is 0.00000122. The molecule has 0 saturated heterocycles. The topological polar surface area (TPSA) is 0 Å². The first-order valence-corrected chi connectivity index (χ1v) is 48.5. The van der Waals surface area contributed by atoms with Crippen LogP contribution in [0.5, 0.6) is 0 Å². The molecule has 0 heteroatoms. The Hall–Kier alpha value is -2.60. The smallest absolute Gasteiger partial charge is 0.0146 e. The van der Waals surface area contributed by atoms with E-state index in [1.165, 1.54) is 211 Å². The first-order chi connectivity index (χ1) is 51.8. The van der Waals surface area contributed by atoms with E-state index in [1.54, 1.807) is 22.3 Å². The first kappa shape index (κ1) is 111. The molecule has 11 unspecified atom stereocenters. The van der Waals surface area contributed by atoms with E-state index < -0.39 is 0 Å². The molecule has 6 fully saturated rings. The largest absolute Gasteiger partial charge is 0.0998 e. The second-order valence-corrected chi connectivity index (χ2v) is 52.3. The zero-order valence-corrected chi connectivity index (χ0v) is 85.5. The summed E-state index contributed by atoms with van der Waals surface area (Å²) in [4.78, 5) is 0. The molecule has 0 aromatic carbocycles. The van der Waals surface area contributed by atoms with Gasteiger partial charge in [-0.1, -0.05) is 407 Å². The Morgan fingerprint density at radius 2 is 0.860 bits per heavy atom. The summed E-state index contributed by atoms with van der Waals surface area (Å²) in [6.45, 7) is 91.1. The van der Waals surface area contributed by atoms with Crippen LogP contribution in [-0.4, -0.2) is 0 Å². The van der Waals surface area contributed by atoms with Crippen molar-refractivity contribution in [3.8, 4) is 0 Å². The minimum absolute atomic E-state index is 0.491. The maximum absolute atomic E-state index is 3.97. The third kappa shape index (κ3) is 61.7. The molecule has 0 aromatic heterocycles. The van der Waals surface area contributed by atoms with Crippen molar-refractivity contribution in [2.24, 2.45) is 125 Å². The van der Waals surface area contributed by atoms with Gasteiger partial charge in [0.2, 0.25) is 0 Å². The molecule has 0 amide bonds. The molecule has 0 nitrogen and oxygen atoms in total. The number of allylic oxidation sites excluding steroid dienone is 19. The van der Waals surface area contributed by atoms with E-state index in [1.807, 2.05) is 0 Å². The van der Waals surface area contributed by atoms with Crippen molar-refractivity contribution in [1.29, 1.82) is 0 Å². The van der Waals surface area contributed by atoms with E-state index in [9.17, 15) is 0 Å². The standard InChI is InChI=1S/C16H28.C10H16.C10H14.C10H16.2C9H14.C8H14.C7H10.7C5H12/c1-11-12(7-8-15(2,3)4)9-13-10-14(11)16(13,5)6;1-7-4-8-6-9(5-7)10(8,2)3;1-2-5-9-7-4-8-10(9)6-3-1;1-8(2)10-6-4-9(3)5-7-10;1-3-8-5-2-6-9(4-1)7-8;1-2-6-9(5-1)7-3-4-8-9;1-2-4-6-8-7-5-3-1;1-2-6-4-5-7(6)3-1;7*1-5(2,3)4/h13-14H,7-10H2,1-6H3;4,8-9H,5-6H2,1-3H3;2-3,5-6,9-10H,1,4,7-8H2;4,10H,1,5-7H2,2-3H3;1,3,8-9H,2,4-7H2;1-2H,3-8H2;1-2H,3-8H2;1-2,6-7H,3-5H2;7*1-4H3. The SMILES string of the molecule is C1=CC2CCC2C1.C1=CC2CCCC(C1)C2.C1=CC2CCCC2C=CC1.C1=CCC2(C1)CCCC2.C1=CCCCCCC1.C=C(C)C1CC=C(C)CC1.CC(C)(C)C.CC(C)(C)C.CC(C)(C)C.CC(C)(C)C.CC(C)(C)C.CC(C)(C)C.CC(C)(C)C.CC1=C(CCC(C)(C)C)CC2CC1C2(C)C.CC1=CC2CC(C1)C2(C)C.